The number of rotatable bonds is 6. The molecule has 1 aliphatic rings. The van der Waals surface area contributed by atoms with Crippen molar-refractivity contribution >= 4 is 11.0 Å². The number of benzene rings is 1. The molecule has 1 fully saturated rings. The normalized spacial score (nSPS) is 17.8. The van der Waals surface area contributed by atoms with Gasteiger partial charge in [-0.25, -0.2) is 4.68 Å². The molecule has 0 spiro atoms. The summed E-state index contributed by atoms with van der Waals surface area (Å²) in [7, 11) is 0. The number of likely N-dealkylation sites (tertiary alicyclic amines) is 1. The molecule has 1 atom stereocenters. The molecule has 1 aliphatic heterocycles. The van der Waals surface area contributed by atoms with Crippen molar-refractivity contribution in [3.05, 3.63) is 58.0 Å². The molecular weight excluding hydrogens is 374 g/mol. The number of aromatic amines is 1. The van der Waals surface area contributed by atoms with E-state index in [1.807, 2.05) is 41.1 Å². The van der Waals surface area contributed by atoms with Crippen molar-refractivity contribution in [1.82, 2.24) is 25.0 Å². The van der Waals surface area contributed by atoms with Gasteiger partial charge < -0.3 is 10.3 Å². The fourth-order valence-corrected chi connectivity index (χ4v) is 4.47. The number of hydrogen-bond donors (Lipinski definition) is 2. The van der Waals surface area contributed by atoms with Crippen LogP contribution in [0.3, 0.4) is 0 Å². The average molecular weight is 408 g/mol. The van der Waals surface area contributed by atoms with E-state index in [9.17, 15) is 4.79 Å². The third-order valence-corrected chi connectivity index (χ3v) is 6.08. The molecule has 0 radical (unpaired) electrons. The number of nitrogens with one attached hydrogen (secondary N) is 2. The van der Waals surface area contributed by atoms with Gasteiger partial charge in [-0.05, 0) is 44.1 Å². The Hall–Kier alpha value is -2.44. The lowest BCUT2D eigenvalue weighted by atomic mass is 9.90. The molecule has 3 heterocycles. The van der Waals surface area contributed by atoms with Crippen molar-refractivity contribution in [2.75, 3.05) is 19.6 Å². The smallest absolute Gasteiger partial charge is 0.254 e. The number of para-hydroxylation sites is 1. The number of H-pyrrole nitrogens is 1. The number of hydrogen-bond acceptors (Lipinski definition) is 4. The van der Waals surface area contributed by atoms with E-state index in [-0.39, 0.29) is 11.0 Å². The lowest BCUT2D eigenvalue weighted by molar-refractivity contribution is 0.260. The molecule has 6 heteroatoms. The second kappa shape index (κ2) is 8.36. The maximum Gasteiger partial charge on any atom is 0.254 e. The van der Waals surface area contributed by atoms with Crippen molar-refractivity contribution in [1.29, 1.82) is 0 Å². The van der Waals surface area contributed by atoms with Crippen LogP contribution in [0.1, 0.15) is 51.8 Å². The van der Waals surface area contributed by atoms with Crippen molar-refractivity contribution in [3.63, 3.8) is 0 Å². The maximum atomic E-state index is 12.9. The lowest BCUT2D eigenvalue weighted by Gasteiger charge is -2.22. The van der Waals surface area contributed by atoms with Gasteiger partial charge in [0.1, 0.15) is 5.65 Å². The second-order valence-electron chi connectivity index (χ2n) is 9.29. The van der Waals surface area contributed by atoms with E-state index in [1.54, 1.807) is 0 Å². The third kappa shape index (κ3) is 4.07. The summed E-state index contributed by atoms with van der Waals surface area (Å²) < 4.78 is 1.85. The van der Waals surface area contributed by atoms with Crippen LogP contribution in [0.25, 0.3) is 16.7 Å². The van der Waals surface area contributed by atoms with Crippen LogP contribution < -0.4 is 10.9 Å². The van der Waals surface area contributed by atoms with Crippen LogP contribution in [0.4, 0.5) is 0 Å². The van der Waals surface area contributed by atoms with E-state index in [0.717, 1.165) is 41.1 Å². The zero-order chi connectivity index (χ0) is 21.3. The molecule has 160 valence electrons. The zero-order valence-corrected chi connectivity index (χ0v) is 18.5. The summed E-state index contributed by atoms with van der Waals surface area (Å²) in [5.74, 6) is 0. The Morgan fingerprint density at radius 2 is 2.00 bits per heavy atom. The predicted octanol–water partition coefficient (Wildman–Crippen LogP) is 3.59. The van der Waals surface area contributed by atoms with Crippen molar-refractivity contribution < 1.29 is 0 Å². The van der Waals surface area contributed by atoms with Crippen LogP contribution in [0, 0.1) is 0 Å². The number of likely N-dealkylation sites (N-methyl/N-ethyl adjacent to an activating group) is 1. The Morgan fingerprint density at radius 3 is 2.70 bits per heavy atom. The second-order valence-corrected chi connectivity index (χ2v) is 9.29. The van der Waals surface area contributed by atoms with Crippen molar-refractivity contribution in [3.8, 4) is 5.69 Å². The van der Waals surface area contributed by atoms with Crippen LogP contribution in [0.5, 0.6) is 0 Å². The largest absolute Gasteiger partial charge is 0.311 e. The topological polar surface area (TPSA) is 66.0 Å². The van der Waals surface area contributed by atoms with Crippen LogP contribution >= 0.6 is 0 Å². The molecule has 0 amide bonds. The van der Waals surface area contributed by atoms with E-state index < -0.39 is 0 Å². The molecule has 0 bridgehead atoms. The zero-order valence-electron chi connectivity index (χ0n) is 18.5. The molecule has 1 saturated heterocycles. The summed E-state index contributed by atoms with van der Waals surface area (Å²) in [6.45, 7) is 12.5. The Bertz CT molecular complexity index is 1060. The summed E-state index contributed by atoms with van der Waals surface area (Å²) in [5.41, 5.74) is 3.28. The quantitative estimate of drug-likeness (QED) is 0.655. The number of aromatic nitrogens is 3. The molecular formula is C24H33N5O. The summed E-state index contributed by atoms with van der Waals surface area (Å²) >= 11 is 0. The van der Waals surface area contributed by atoms with Gasteiger partial charge in [-0.1, -0.05) is 45.9 Å². The molecule has 0 unspecified atom stereocenters. The highest BCUT2D eigenvalue weighted by atomic mass is 16.1. The fraction of sp³-hybridized carbons (Fsp3) is 0.500. The number of nitrogens with zero attached hydrogens (tertiary/aromatic N) is 3. The number of pyridine rings is 1. The minimum absolute atomic E-state index is 0.0497. The first-order chi connectivity index (χ1) is 14.4. The molecule has 4 rings (SSSR count). The van der Waals surface area contributed by atoms with Gasteiger partial charge in [-0.2, -0.15) is 5.10 Å². The van der Waals surface area contributed by atoms with Gasteiger partial charge >= 0.3 is 0 Å². The van der Waals surface area contributed by atoms with Gasteiger partial charge in [0, 0.05) is 35.5 Å². The summed E-state index contributed by atoms with van der Waals surface area (Å²) in [6, 6.07) is 12.6. The van der Waals surface area contributed by atoms with E-state index in [2.05, 4.69) is 42.9 Å². The third-order valence-electron chi connectivity index (χ3n) is 6.08. The van der Waals surface area contributed by atoms with Gasteiger partial charge in [-0.15, -0.1) is 0 Å². The summed E-state index contributed by atoms with van der Waals surface area (Å²) in [5, 5.41) is 9.43. The summed E-state index contributed by atoms with van der Waals surface area (Å²) in [6.07, 6.45) is 2.49. The van der Waals surface area contributed by atoms with E-state index in [0.29, 0.717) is 12.6 Å². The first kappa shape index (κ1) is 20.8. The van der Waals surface area contributed by atoms with Crippen LogP contribution in [0.15, 0.2) is 41.2 Å². The fourth-order valence-electron chi connectivity index (χ4n) is 4.47. The van der Waals surface area contributed by atoms with E-state index in [4.69, 9.17) is 5.10 Å². The lowest BCUT2D eigenvalue weighted by Crippen LogP contribution is -2.38. The monoisotopic (exact) mass is 407 g/mol. The van der Waals surface area contributed by atoms with Crippen LogP contribution in [0.2, 0.25) is 0 Å². The average Bonchev–Trinajstić information content (AvgIpc) is 3.32. The molecule has 2 N–H and O–H groups in total. The molecule has 1 aromatic carbocycles. The van der Waals surface area contributed by atoms with Gasteiger partial charge in [0.25, 0.3) is 5.56 Å². The highest BCUT2D eigenvalue weighted by Gasteiger charge is 2.25. The highest BCUT2D eigenvalue weighted by Crippen LogP contribution is 2.29. The first-order valence-corrected chi connectivity index (χ1v) is 11.0. The molecule has 30 heavy (non-hydrogen) atoms. The van der Waals surface area contributed by atoms with E-state index in [1.165, 1.54) is 19.4 Å². The van der Waals surface area contributed by atoms with Crippen LogP contribution in [-0.4, -0.2) is 45.3 Å². The predicted molar refractivity (Wildman–Crippen MR) is 122 cm³/mol. The van der Waals surface area contributed by atoms with Gasteiger partial charge in [0.05, 0.1) is 11.4 Å². The Labute approximate surface area is 178 Å². The highest BCUT2D eigenvalue weighted by molar-refractivity contribution is 5.81. The van der Waals surface area contributed by atoms with Gasteiger partial charge in [0.2, 0.25) is 0 Å². The maximum absolute atomic E-state index is 12.9. The Morgan fingerprint density at radius 1 is 1.23 bits per heavy atom. The Kier molecular flexibility index (Phi) is 5.80. The minimum Gasteiger partial charge on any atom is -0.311 e. The van der Waals surface area contributed by atoms with E-state index >= 15 is 0 Å². The van der Waals surface area contributed by atoms with Crippen molar-refractivity contribution in [2.24, 2.45) is 0 Å². The van der Waals surface area contributed by atoms with Gasteiger partial charge in [-0.3, -0.25) is 9.69 Å². The Balaban J connectivity index is 1.66. The first-order valence-electron chi connectivity index (χ1n) is 11.0. The summed E-state index contributed by atoms with van der Waals surface area (Å²) in [4.78, 5) is 18.5. The SMILES string of the molecule is CCN1CCC[C@H]1CNCc1cc2c(C(C)(C)C)nn(-c3ccccc3)c2[nH]c1=O. The number of fused-ring (bicyclic) bond motifs is 1. The van der Waals surface area contributed by atoms with Crippen LogP contribution in [-0.2, 0) is 12.0 Å². The molecule has 3 aromatic rings. The standard InChI is InChI=1S/C24H33N5O/c1-5-28-13-9-12-19(28)16-25-15-17-14-20-21(24(2,3)4)27-29(22(20)26-23(17)30)18-10-7-6-8-11-18/h6-8,10-11,14,19,25H,5,9,12-13,15-16H2,1-4H3,(H,26,30)/t19-/m0/s1. The molecule has 2 aromatic heterocycles. The van der Waals surface area contributed by atoms with Crippen molar-refractivity contribution in [2.45, 2.75) is 58.5 Å². The molecule has 0 aliphatic carbocycles. The minimum atomic E-state index is -0.132. The molecule has 0 saturated carbocycles. The molecule has 6 nitrogen and oxygen atoms in total. The van der Waals surface area contributed by atoms with Gasteiger partial charge in [0.15, 0.2) is 0 Å².